The van der Waals surface area contributed by atoms with Gasteiger partial charge in [-0.2, -0.15) is 0 Å². The first kappa shape index (κ1) is 13.4. The first-order valence-electron chi connectivity index (χ1n) is 5.97. The second-order valence-corrected chi connectivity index (χ2v) is 4.27. The molecule has 2 N–H and O–H groups in total. The van der Waals surface area contributed by atoms with Gasteiger partial charge in [-0.25, -0.2) is 0 Å². The Labute approximate surface area is 112 Å². The van der Waals surface area contributed by atoms with Crippen molar-refractivity contribution in [2.75, 3.05) is 14.2 Å². The van der Waals surface area contributed by atoms with E-state index < -0.39 is 0 Å². The zero-order valence-electron chi connectivity index (χ0n) is 11.3. The molecule has 0 bridgehead atoms. The molecule has 0 aliphatic carbocycles. The number of hydrogen-bond acceptors (Lipinski definition) is 5. The lowest BCUT2D eigenvalue weighted by molar-refractivity contribution is 0.378. The molecular formula is C13H18N4O2. The Morgan fingerprint density at radius 3 is 2.37 bits per heavy atom. The van der Waals surface area contributed by atoms with Crippen LogP contribution in [0.4, 0.5) is 0 Å². The molecule has 0 aliphatic rings. The number of nitrogens with two attached hydrogens (primary N) is 1. The van der Waals surface area contributed by atoms with Crippen molar-refractivity contribution < 1.29 is 9.47 Å². The maximum Gasteiger partial charge on any atom is 0.127 e. The van der Waals surface area contributed by atoms with E-state index in [1.807, 2.05) is 31.4 Å². The molecule has 1 aromatic heterocycles. The molecule has 6 nitrogen and oxygen atoms in total. The summed E-state index contributed by atoms with van der Waals surface area (Å²) in [7, 11) is 5.06. The lowest BCUT2D eigenvalue weighted by Gasteiger charge is -2.18. The SMILES string of the molecule is COc1cccc(OC)c1C(N)Cc1cn(C)nn1. The van der Waals surface area contributed by atoms with Crippen LogP contribution in [0.1, 0.15) is 17.3 Å². The first-order chi connectivity index (χ1) is 9.15. The van der Waals surface area contributed by atoms with Crippen molar-refractivity contribution in [3.05, 3.63) is 35.7 Å². The highest BCUT2D eigenvalue weighted by atomic mass is 16.5. The minimum Gasteiger partial charge on any atom is -0.496 e. The van der Waals surface area contributed by atoms with Crippen molar-refractivity contribution in [3.63, 3.8) is 0 Å². The van der Waals surface area contributed by atoms with E-state index in [1.165, 1.54) is 0 Å². The summed E-state index contributed by atoms with van der Waals surface area (Å²) in [6.07, 6.45) is 2.42. The van der Waals surface area contributed by atoms with Crippen molar-refractivity contribution in [2.45, 2.75) is 12.5 Å². The minimum absolute atomic E-state index is 0.261. The van der Waals surface area contributed by atoms with Crippen LogP contribution < -0.4 is 15.2 Å². The van der Waals surface area contributed by atoms with E-state index in [2.05, 4.69) is 10.3 Å². The van der Waals surface area contributed by atoms with Gasteiger partial charge in [-0.3, -0.25) is 4.68 Å². The van der Waals surface area contributed by atoms with Gasteiger partial charge in [0.2, 0.25) is 0 Å². The van der Waals surface area contributed by atoms with Crippen LogP contribution in [0.2, 0.25) is 0 Å². The quantitative estimate of drug-likeness (QED) is 0.872. The number of ether oxygens (including phenoxy) is 2. The molecule has 6 heteroatoms. The molecule has 102 valence electrons. The van der Waals surface area contributed by atoms with E-state index in [-0.39, 0.29) is 6.04 Å². The van der Waals surface area contributed by atoms with Gasteiger partial charge in [0.05, 0.1) is 25.5 Å². The molecule has 1 unspecified atom stereocenters. The van der Waals surface area contributed by atoms with E-state index >= 15 is 0 Å². The molecule has 0 amide bonds. The molecule has 0 aliphatic heterocycles. The number of aromatic nitrogens is 3. The van der Waals surface area contributed by atoms with Crippen LogP contribution in [0.3, 0.4) is 0 Å². The van der Waals surface area contributed by atoms with Crippen LogP contribution >= 0.6 is 0 Å². The summed E-state index contributed by atoms with van der Waals surface area (Å²) in [4.78, 5) is 0. The van der Waals surface area contributed by atoms with Crippen LogP contribution in [0.25, 0.3) is 0 Å². The molecule has 2 aromatic rings. The van der Waals surface area contributed by atoms with Crippen molar-refractivity contribution in [2.24, 2.45) is 12.8 Å². The van der Waals surface area contributed by atoms with Gasteiger partial charge in [0.25, 0.3) is 0 Å². The van der Waals surface area contributed by atoms with Gasteiger partial charge in [-0.05, 0) is 12.1 Å². The van der Waals surface area contributed by atoms with E-state index in [0.717, 1.165) is 22.8 Å². The number of hydrogen-bond donors (Lipinski definition) is 1. The number of aryl methyl sites for hydroxylation is 1. The second kappa shape index (κ2) is 5.71. The summed E-state index contributed by atoms with van der Waals surface area (Å²) in [6, 6.07) is 5.35. The van der Waals surface area contributed by atoms with Gasteiger partial charge in [0.1, 0.15) is 11.5 Å². The summed E-state index contributed by atoms with van der Waals surface area (Å²) >= 11 is 0. The van der Waals surface area contributed by atoms with Gasteiger partial charge >= 0.3 is 0 Å². The smallest absolute Gasteiger partial charge is 0.127 e. The minimum atomic E-state index is -0.261. The second-order valence-electron chi connectivity index (χ2n) is 4.27. The molecule has 1 atom stereocenters. The lowest BCUT2D eigenvalue weighted by Crippen LogP contribution is -2.16. The monoisotopic (exact) mass is 262 g/mol. The Balaban J connectivity index is 2.29. The summed E-state index contributed by atoms with van der Waals surface area (Å²) in [6.45, 7) is 0. The van der Waals surface area contributed by atoms with Crippen molar-refractivity contribution in [1.29, 1.82) is 0 Å². The average Bonchev–Trinajstić information content (AvgIpc) is 2.82. The van der Waals surface area contributed by atoms with E-state index in [4.69, 9.17) is 15.2 Å². The Kier molecular flexibility index (Phi) is 4.01. The fraction of sp³-hybridized carbons (Fsp3) is 0.385. The van der Waals surface area contributed by atoms with Crippen LogP contribution in [0.15, 0.2) is 24.4 Å². The summed E-state index contributed by atoms with van der Waals surface area (Å²) in [5.74, 6) is 1.44. The van der Waals surface area contributed by atoms with Crippen molar-refractivity contribution in [3.8, 4) is 11.5 Å². The molecule has 0 saturated carbocycles. The van der Waals surface area contributed by atoms with Crippen LogP contribution in [-0.2, 0) is 13.5 Å². The highest BCUT2D eigenvalue weighted by Crippen LogP contribution is 2.34. The third-order valence-corrected chi connectivity index (χ3v) is 2.92. The molecule has 1 heterocycles. The molecule has 0 radical (unpaired) electrons. The van der Waals surface area contributed by atoms with Gasteiger partial charge in [0, 0.05) is 25.7 Å². The highest BCUT2D eigenvalue weighted by Gasteiger charge is 2.18. The third-order valence-electron chi connectivity index (χ3n) is 2.92. The van der Waals surface area contributed by atoms with Gasteiger partial charge in [-0.15, -0.1) is 5.10 Å². The van der Waals surface area contributed by atoms with Crippen LogP contribution in [0, 0.1) is 0 Å². The fourth-order valence-corrected chi connectivity index (χ4v) is 2.06. The Morgan fingerprint density at radius 2 is 1.89 bits per heavy atom. The van der Waals surface area contributed by atoms with Crippen LogP contribution in [-0.4, -0.2) is 29.2 Å². The zero-order valence-corrected chi connectivity index (χ0v) is 11.3. The molecule has 0 saturated heterocycles. The van der Waals surface area contributed by atoms with Gasteiger partial charge in [0.15, 0.2) is 0 Å². The van der Waals surface area contributed by atoms with E-state index in [1.54, 1.807) is 18.9 Å². The van der Waals surface area contributed by atoms with E-state index in [0.29, 0.717) is 6.42 Å². The third kappa shape index (κ3) is 2.85. The lowest BCUT2D eigenvalue weighted by atomic mass is 10.0. The van der Waals surface area contributed by atoms with Gasteiger partial charge in [-0.1, -0.05) is 11.3 Å². The zero-order chi connectivity index (χ0) is 13.8. The van der Waals surface area contributed by atoms with E-state index in [9.17, 15) is 0 Å². The topological polar surface area (TPSA) is 75.2 Å². The predicted molar refractivity (Wildman–Crippen MR) is 71.2 cm³/mol. The first-order valence-corrected chi connectivity index (χ1v) is 5.97. The van der Waals surface area contributed by atoms with Crippen LogP contribution in [0.5, 0.6) is 11.5 Å². The maximum absolute atomic E-state index is 6.25. The molecule has 19 heavy (non-hydrogen) atoms. The molecule has 2 rings (SSSR count). The summed E-state index contributed by atoms with van der Waals surface area (Å²) < 4.78 is 12.4. The Morgan fingerprint density at radius 1 is 1.26 bits per heavy atom. The Hall–Kier alpha value is -2.08. The number of benzene rings is 1. The fourth-order valence-electron chi connectivity index (χ4n) is 2.06. The standard InChI is InChI=1S/C13H18N4O2/c1-17-8-9(15-16-17)7-10(14)13-11(18-2)5-4-6-12(13)19-3/h4-6,8,10H,7,14H2,1-3H3. The predicted octanol–water partition coefficient (Wildman–Crippen LogP) is 1.07. The number of methoxy groups -OCH3 is 2. The summed E-state index contributed by atoms with van der Waals surface area (Å²) in [5.41, 5.74) is 7.93. The summed E-state index contributed by atoms with van der Waals surface area (Å²) in [5, 5.41) is 7.94. The highest BCUT2D eigenvalue weighted by molar-refractivity contribution is 5.47. The van der Waals surface area contributed by atoms with Crippen molar-refractivity contribution >= 4 is 0 Å². The molecule has 0 fully saturated rings. The average molecular weight is 262 g/mol. The number of nitrogens with zero attached hydrogens (tertiary/aromatic N) is 3. The maximum atomic E-state index is 6.25. The Bertz CT molecular complexity index is 531. The molecule has 1 aromatic carbocycles. The molecular weight excluding hydrogens is 244 g/mol. The number of rotatable bonds is 5. The van der Waals surface area contributed by atoms with Crippen molar-refractivity contribution in [1.82, 2.24) is 15.0 Å². The van der Waals surface area contributed by atoms with Gasteiger partial charge < -0.3 is 15.2 Å². The normalized spacial score (nSPS) is 12.2. The molecule has 0 spiro atoms. The largest absolute Gasteiger partial charge is 0.496 e.